The molecule has 0 aliphatic heterocycles. The molecule has 0 aliphatic rings. The lowest BCUT2D eigenvalue weighted by Gasteiger charge is -1.89. The summed E-state index contributed by atoms with van der Waals surface area (Å²) in [4.78, 5) is 11.2. The Morgan fingerprint density at radius 3 is 2.31 bits per heavy atom. The molecule has 2 rings (SSSR count). The van der Waals surface area contributed by atoms with Crippen molar-refractivity contribution >= 4 is 23.4 Å². The predicted molar refractivity (Wildman–Crippen MR) is 50.9 cm³/mol. The molecule has 1 aromatic carbocycles. The minimum Gasteiger partial charge on any atom is -0.293 e. The molecule has 0 N–H and O–H groups in total. The molecule has 0 unspecified atom stereocenters. The van der Waals surface area contributed by atoms with Gasteiger partial charge in [0.25, 0.3) is 0 Å². The largest absolute Gasteiger partial charge is 0.357 e. The highest BCUT2D eigenvalue weighted by atomic mass is 35.5. The first kappa shape index (κ1) is 9.80. The van der Waals surface area contributed by atoms with Crippen molar-refractivity contribution in [3.05, 3.63) is 34.7 Å². The van der Waals surface area contributed by atoms with Gasteiger partial charge in [0.05, 0.1) is 5.52 Å². The number of imidazole rings is 1. The molecule has 2 aromatic rings. The van der Waals surface area contributed by atoms with Gasteiger partial charge in [-0.25, -0.2) is 4.79 Å². The van der Waals surface area contributed by atoms with Gasteiger partial charge in [0.15, 0.2) is 0 Å². The number of benzene rings is 1. The lowest BCUT2D eigenvalue weighted by atomic mass is 10.3. The van der Waals surface area contributed by atoms with Gasteiger partial charge in [-0.05, 0) is 12.1 Å². The second kappa shape index (κ2) is 3.22. The highest BCUT2D eigenvalue weighted by molar-refractivity contribution is 5.85. The summed E-state index contributed by atoms with van der Waals surface area (Å²) in [5, 5.41) is 0. The average molecular weight is 203 g/mol. The van der Waals surface area contributed by atoms with E-state index in [1.165, 1.54) is 4.57 Å². The van der Waals surface area contributed by atoms with Crippen molar-refractivity contribution < 1.29 is 4.48 Å². The molecule has 0 radical (unpaired) electrons. The van der Waals surface area contributed by atoms with E-state index in [1.54, 1.807) is 31.3 Å². The maximum atomic E-state index is 13.0. The minimum absolute atomic E-state index is 0. The van der Waals surface area contributed by atoms with Crippen LogP contribution in [0.25, 0.3) is 11.0 Å². The maximum Gasteiger partial charge on any atom is 0.357 e. The van der Waals surface area contributed by atoms with E-state index in [9.17, 15) is 9.28 Å². The minimum atomic E-state index is -0.642. The summed E-state index contributed by atoms with van der Waals surface area (Å²) in [5.74, 6) is 0. The Kier molecular flexibility index (Phi) is 2.43. The molecule has 70 valence electrons. The van der Waals surface area contributed by atoms with Gasteiger partial charge in [0.2, 0.25) is 0 Å². The number of nitrogens with zero attached hydrogens (tertiary/aromatic N) is 2. The Labute approximate surface area is 79.7 Å². The Morgan fingerprint density at radius 1 is 1.23 bits per heavy atom. The van der Waals surface area contributed by atoms with Gasteiger partial charge < -0.3 is 0 Å². The lowest BCUT2D eigenvalue weighted by molar-refractivity contribution is 0.364. The third kappa shape index (κ3) is 1.23. The van der Waals surface area contributed by atoms with Gasteiger partial charge in [-0.1, -0.05) is 16.6 Å². The molecular formula is C8H8ClFN2O. The van der Waals surface area contributed by atoms with E-state index in [1.807, 2.05) is 0 Å². The summed E-state index contributed by atoms with van der Waals surface area (Å²) in [5.41, 5.74) is 0.270. The van der Waals surface area contributed by atoms with Crippen molar-refractivity contribution in [2.75, 3.05) is 0 Å². The SMILES string of the molecule is Cl.Cn1c(=O)n(F)c2ccccc21. The fourth-order valence-corrected chi connectivity index (χ4v) is 1.25. The first-order valence-corrected chi connectivity index (χ1v) is 3.54. The second-order valence-electron chi connectivity index (χ2n) is 2.61. The Balaban J connectivity index is 0.000000845. The molecule has 1 heterocycles. The van der Waals surface area contributed by atoms with Crippen molar-refractivity contribution in [1.82, 2.24) is 9.36 Å². The number of hydrogen-bond donors (Lipinski definition) is 0. The molecule has 13 heavy (non-hydrogen) atoms. The molecule has 0 fully saturated rings. The Hall–Kier alpha value is -1.29. The highest BCUT2D eigenvalue weighted by Crippen LogP contribution is 2.10. The molecule has 5 heteroatoms. The maximum absolute atomic E-state index is 13.0. The summed E-state index contributed by atoms with van der Waals surface area (Å²) >= 11 is 0. The highest BCUT2D eigenvalue weighted by Gasteiger charge is 2.07. The molecule has 0 amide bonds. The van der Waals surface area contributed by atoms with Crippen LogP contribution in [0.15, 0.2) is 29.1 Å². The Bertz CT molecular complexity index is 446. The number of hydrogen-bond acceptors (Lipinski definition) is 1. The molecule has 1 aromatic heterocycles. The Morgan fingerprint density at radius 2 is 1.77 bits per heavy atom. The van der Waals surface area contributed by atoms with Crippen LogP contribution in [0.2, 0.25) is 0 Å². The zero-order valence-electron chi connectivity index (χ0n) is 6.90. The van der Waals surface area contributed by atoms with Crippen LogP contribution < -0.4 is 5.69 Å². The van der Waals surface area contributed by atoms with E-state index in [2.05, 4.69) is 0 Å². The van der Waals surface area contributed by atoms with Gasteiger partial charge in [-0.15, -0.1) is 17.2 Å². The summed E-state index contributed by atoms with van der Waals surface area (Å²) in [6.45, 7) is 0. The summed E-state index contributed by atoms with van der Waals surface area (Å²) in [6, 6.07) is 6.73. The molecule has 0 bridgehead atoms. The third-order valence-corrected chi connectivity index (χ3v) is 1.91. The third-order valence-electron chi connectivity index (χ3n) is 1.91. The molecule has 0 atom stereocenters. The summed E-state index contributed by atoms with van der Waals surface area (Å²) < 4.78 is 14.3. The lowest BCUT2D eigenvalue weighted by Crippen LogP contribution is -2.17. The van der Waals surface area contributed by atoms with E-state index >= 15 is 0 Å². The average Bonchev–Trinajstić information content (AvgIpc) is 2.33. The number of aryl methyl sites for hydroxylation is 1. The quantitative estimate of drug-likeness (QED) is 0.636. The van der Waals surface area contributed by atoms with E-state index < -0.39 is 5.69 Å². The van der Waals surface area contributed by atoms with Crippen molar-refractivity contribution in [3.63, 3.8) is 0 Å². The van der Waals surface area contributed by atoms with Crippen LogP contribution in [-0.2, 0) is 7.05 Å². The van der Waals surface area contributed by atoms with Crippen LogP contribution in [0, 0.1) is 0 Å². The van der Waals surface area contributed by atoms with E-state index in [0.29, 0.717) is 11.0 Å². The molecule has 0 saturated carbocycles. The molecule has 0 spiro atoms. The van der Waals surface area contributed by atoms with E-state index in [4.69, 9.17) is 0 Å². The normalized spacial score (nSPS) is 10.0. The van der Waals surface area contributed by atoms with E-state index in [0.717, 1.165) is 0 Å². The van der Waals surface area contributed by atoms with Crippen LogP contribution in [0.3, 0.4) is 0 Å². The first-order chi connectivity index (χ1) is 5.72. The standard InChI is InChI=1S/C8H7FN2O.ClH/c1-10-6-4-2-3-5-7(6)11(9)8(10)12;/h2-5H,1H3;1H. The molecule has 0 aliphatic carbocycles. The van der Waals surface area contributed by atoms with Gasteiger partial charge >= 0.3 is 5.69 Å². The smallest absolute Gasteiger partial charge is 0.293 e. The fourth-order valence-electron chi connectivity index (χ4n) is 1.25. The zero-order valence-corrected chi connectivity index (χ0v) is 7.71. The van der Waals surface area contributed by atoms with Crippen LogP contribution in [-0.4, -0.2) is 9.36 Å². The molecule has 0 saturated heterocycles. The van der Waals surface area contributed by atoms with E-state index in [-0.39, 0.29) is 17.2 Å². The second-order valence-corrected chi connectivity index (χ2v) is 2.61. The monoisotopic (exact) mass is 202 g/mol. The van der Waals surface area contributed by atoms with Crippen LogP contribution in [0.5, 0.6) is 0 Å². The summed E-state index contributed by atoms with van der Waals surface area (Å²) in [7, 11) is 1.54. The van der Waals surface area contributed by atoms with Crippen molar-refractivity contribution in [1.29, 1.82) is 0 Å². The fraction of sp³-hybridized carbons (Fsp3) is 0.125. The van der Waals surface area contributed by atoms with Crippen molar-refractivity contribution in [3.8, 4) is 0 Å². The van der Waals surface area contributed by atoms with Crippen molar-refractivity contribution in [2.45, 2.75) is 0 Å². The van der Waals surface area contributed by atoms with Crippen molar-refractivity contribution in [2.24, 2.45) is 7.05 Å². The van der Waals surface area contributed by atoms with Crippen LogP contribution in [0.4, 0.5) is 4.48 Å². The number of aromatic nitrogens is 2. The summed E-state index contributed by atoms with van der Waals surface area (Å²) in [6.07, 6.45) is 0. The number of rotatable bonds is 0. The first-order valence-electron chi connectivity index (χ1n) is 3.54. The topological polar surface area (TPSA) is 26.9 Å². The van der Waals surface area contributed by atoms with Crippen LogP contribution in [0.1, 0.15) is 0 Å². The zero-order chi connectivity index (χ0) is 8.72. The van der Waals surface area contributed by atoms with Gasteiger partial charge in [0, 0.05) is 7.05 Å². The number of halogens is 2. The molecular weight excluding hydrogens is 195 g/mol. The predicted octanol–water partition coefficient (Wildman–Crippen LogP) is 1.49. The van der Waals surface area contributed by atoms with Gasteiger partial charge in [-0.3, -0.25) is 4.57 Å². The van der Waals surface area contributed by atoms with Crippen LogP contribution >= 0.6 is 12.4 Å². The van der Waals surface area contributed by atoms with Gasteiger partial charge in [-0.2, -0.15) is 0 Å². The number of para-hydroxylation sites is 2. The van der Waals surface area contributed by atoms with Gasteiger partial charge in [0.1, 0.15) is 5.52 Å². The number of fused-ring (bicyclic) bond motifs is 1. The molecule has 3 nitrogen and oxygen atoms in total.